The Morgan fingerprint density at radius 3 is 2.29 bits per heavy atom. The van der Waals surface area contributed by atoms with Gasteiger partial charge >= 0.3 is 0 Å². The van der Waals surface area contributed by atoms with Gasteiger partial charge in [0.25, 0.3) is 0 Å². The van der Waals surface area contributed by atoms with E-state index in [1.807, 2.05) is 0 Å². The lowest BCUT2D eigenvalue weighted by molar-refractivity contribution is 0.504. The summed E-state index contributed by atoms with van der Waals surface area (Å²) in [6, 6.07) is 7.49. The molecule has 0 saturated carbocycles. The molecule has 1 aromatic carbocycles. The molecule has 1 nitrogen and oxygen atoms in total. The third kappa shape index (κ3) is 2.58. The quantitative estimate of drug-likeness (QED) is 0.772. The Morgan fingerprint density at radius 1 is 1.07 bits per heavy atom. The van der Waals surface area contributed by atoms with Gasteiger partial charge in [0.15, 0.2) is 0 Å². The molecule has 0 aliphatic heterocycles. The van der Waals surface area contributed by atoms with E-state index in [1.54, 1.807) is 0 Å². The maximum atomic E-state index is 3.53. The highest BCUT2D eigenvalue weighted by molar-refractivity contribution is 5.35. The number of hydrogen-bond acceptors (Lipinski definition) is 1. The van der Waals surface area contributed by atoms with Crippen molar-refractivity contribution in [3.63, 3.8) is 0 Å². The van der Waals surface area contributed by atoms with Crippen LogP contribution in [0.4, 0.5) is 0 Å². The summed E-state index contributed by atoms with van der Waals surface area (Å²) in [5, 5.41) is 3.53. The standard InChI is InChI=1S/C13H21N/c1-9(2)14-12(5)13-8-6-7-10(3)11(13)4/h6-9,12,14H,1-5H3. The summed E-state index contributed by atoms with van der Waals surface area (Å²) in [5.74, 6) is 0. The number of nitrogens with one attached hydrogen (secondary N) is 1. The van der Waals surface area contributed by atoms with Crippen molar-refractivity contribution in [2.45, 2.75) is 46.7 Å². The molecule has 14 heavy (non-hydrogen) atoms. The average Bonchev–Trinajstić information content (AvgIpc) is 2.08. The predicted octanol–water partition coefficient (Wildman–Crippen LogP) is 3.36. The zero-order valence-electron chi connectivity index (χ0n) is 9.89. The number of benzene rings is 1. The van der Waals surface area contributed by atoms with Crippen molar-refractivity contribution in [2.75, 3.05) is 0 Å². The van der Waals surface area contributed by atoms with Gasteiger partial charge in [0.1, 0.15) is 0 Å². The summed E-state index contributed by atoms with van der Waals surface area (Å²) >= 11 is 0. The second kappa shape index (κ2) is 4.61. The predicted molar refractivity (Wildman–Crippen MR) is 62.6 cm³/mol. The fraction of sp³-hybridized carbons (Fsp3) is 0.538. The van der Waals surface area contributed by atoms with Gasteiger partial charge in [0, 0.05) is 12.1 Å². The molecule has 1 rings (SSSR count). The third-order valence-electron chi connectivity index (χ3n) is 2.70. The van der Waals surface area contributed by atoms with Gasteiger partial charge in [0.2, 0.25) is 0 Å². The minimum absolute atomic E-state index is 0.440. The van der Waals surface area contributed by atoms with Crippen molar-refractivity contribution in [1.82, 2.24) is 5.32 Å². The van der Waals surface area contributed by atoms with Crippen LogP contribution in [0.25, 0.3) is 0 Å². The first-order chi connectivity index (χ1) is 6.52. The van der Waals surface area contributed by atoms with Crippen LogP contribution in [0, 0.1) is 13.8 Å². The first-order valence-electron chi connectivity index (χ1n) is 5.34. The van der Waals surface area contributed by atoms with Crippen molar-refractivity contribution in [2.24, 2.45) is 0 Å². The minimum atomic E-state index is 0.440. The smallest absolute Gasteiger partial charge is 0.0296 e. The normalized spacial score (nSPS) is 13.3. The van der Waals surface area contributed by atoms with Crippen LogP contribution in [-0.2, 0) is 0 Å². The van der Waals surface area contributed by atoms with E-state index in [1.165, 1.54) is 16.7 Å². The number of rotatable bonds is 3. The molecule has 0 radical (unpaired) electrons. The van der Waals surface area contributed by atoms with Gasteiger partial charge in [-0.15, -0.1) is 0 Å². The monoisotopic (exact) mass is 191 g/mol. The van der Waals surface area contributed by atoms with E-state index in [0.717, 1.165) is 0 Å². The summed E-state index contributed by atoms with van der Waals surface area (Å²) in [5.41, 5.74) is 4.20. The first kappa shape index (κ1) is 11.3. The zero-order chi connectivity index (χ0) is 10.7. The third-order valence-corrected chi connectivity index (χ3v) is 2.70. The largest absolute Gasteiger partial charge is 0.308 e. The molecule has 78 valence electrons. The molecule has 0 spiro atoms. The Hall–Kier alpha value is -0.820. The fourth-order valence-corrected chi connectivity index (χ4v) is 1.83. The van der Waals surface area contributed by atoms with Crippen LogP contribution in [0.2, 0.25) is 0 Å². The molecule has 1 heteroatoms. The first-order valence-corrected chi connectivity index (χ1v) is 5.34. The SMILES string of the molecule is Cc1cccc(C(C)NC(C)C)c1C. The summed E-state index contributed by atoms with van der Waals surface area (Å²) in [4.78, 5) is 0. The molecule has 0 saturated heterocycles. The molecule has 0 aromatic heterocycles. The van der Waals surface area contributed by atoms with E-state index >= 15 is 0 Å². The maximum absolute atomic E-state index is 3.53. The zero-order valence-corrected chi connectivity index (χ0v) is 9.89. The second-order valence-corrected chi connectivity index (χ2v) is 4.33. The highest BCUT2D eigenvalue weighted by Gasteiger charge is 2.09. The Balaban J connectivity index is 2.89. The Bertz CT molecular complexity index is 302. The number of aryl methyl sites for hydroxylation is 1. The Kier molecular flexibility index (Phi) is 3.70. The van der Waals surface area contributed by atoms with E-state index in [-0.39, 0.29) is 0 Å². The van der Waals surface area contributed by atoms with E-state index < -0.39 is 0 Å². The molecule has 1 aromatic rings. The molecular weight excluding hydrogens is 170 g/mol. The lowest BCUT2D eigenvalue weighted by Gasteiger charge is -2.20. The van der Waals surface area contributed by atoms with Crippen LogP contribution in [-0.4, -0.2) is 6.04 Å². The van der Waals surface area contributed by atoms with Gasteiger partial charge in [0.05, 0.1) is 0 Å². The number of hydrogen-bond donors (Lipinski definition) is 1. The summed E-state index contributed by atoms with van der Waals surface area (Å²) in [6.45, 7) is 11.0. The van der Waals surface area contributed by atoms with Crippen molar-refractivity contribution in [3.8, 4) is 0 Å². The van der Waals surface area contributed by atoms with Crippen LogP contribution in [0.3, 0.4) is 0 Å². The molecule has 1 atom stereocenters. The van der Waals surface area contributed by atoms with Crippen LogP contribution < -0.4 is 5.32 Å². The molecule has 1 unspecified atom stereocenters. The van der Waals surface area contributed by atoms with Gasteiger partial charge in [-0.05, 0) is 37.5 Å². The lowest BCUT2D eigenvalue weighted by Crippen LogP contribution is -2.26. The van der Waals surface area contributed by atoms with E-state index in [2.05, 4.69) is 58.1 Å². The molecule has 1 N–H and O–H groups in total. The van der Waals surface area contributed by atoms with E-state index in [0.29, 0.717) is 12.1 Å². The molecule has 0 aliphatic carbocycles. The molecule has 0 heterocycles. The molecule has 0 aliphatic rings. The van der Waals surface area contributed by atoms with E-state index in [9.17, 15) is 0 Å². The molecule has 0 fully saturated rings. The Labute approximate surface area is 87.5 Å². The van der Waals surface area contributed by atoms with Crippen molar-refractivity contribution in [3.05, 3.63) is 34.9 Å². The lowest BCUT2D eigenvalue weighted by atomic mass is 9.98. The molecular formula is C13H21N. The minimum Gasteiger partial charge on any atom is -0.308 e. The topological polar surface area (TPSA) is 12.0 Å². The van der Waals surface area contributed by atoms with Gasteiger partial charge < -0.3 is 5.32 Å². The summed E-state index contributed by atoms with van der Waals surface area (Å²) in [7, 11) is 0. The van der Waals surface area contributed by atoms with Crippen LogP contribution in [0.15, 0.2) is 18.2 Å². The van der Waals surface area contributed by atoms with Gasteiger partial charge in [-0.1, -0.05) is 32.0 Å². The van der Waals surface area contributed by atoms with Crippen molar-refractivity contribution < 1.29 is 0 Å². The van der Waals surface area contributed by atoms with Gasteiger partial charge in [-0.2, -0.15) is 0 Å². The van der Waals surface area contributed by atoms with Gasteiger partial charge in [-0.3, -0.25) is 0 Å². The van der Waals surface area contributed by atoms with Crippen molar-refractivity contribution >= 4 is 0 Å². The summed E-state index contributed by atoms with van der Waals surface area (Å²) in [6.07, 6.45) is 0. The second-order valence-electron chi connectivity index (χ2n) is 4.33. The van der Waals surface area contributed by atoms with Crippen LogP contribution in [0.5, 0.6) is 0 Å². The van der Waals surface area contributed by atoms with E-state index in [4.69, 9.17) is 0 Å². The van der Waals surface area contributed by atoms with Crippen LogP contribution in [0.1, 0.15) is 43.5 Å². The van der Waals surface area contributed by atoms with Crippen molar-refractivity contribution in [1.29, 1.82) is 0 Å². The van der Waals surface area contributed by atoms with Gasteiger partial charge in [-0.25, -0.2) is 0 Å². The maximum Gasteiger partial charge on any atom is 0.0296 e. The summed E-state index contributed by atoms with van der Waals surface area (Å²) < 4.78 is 0. The van der Waals surface area contributed by atoms with Crippen LogP contribution >= 0.6 is 0 Å². The molecule has 0 bridgehead atoms. The fourth-order valence-electron chi connectivity index (χ4n) is 1.83. The average molecular weight is 191 g/mol. The molecule has 0 amide bonds. The Morgan fingerprint density at radius 2 is 1.71 bits per heavy atom. The highest BCUT2D eigenvalue weighted by Crippen LogP contribution is 2.20. The highest BCUT2D eigenvalue weighted by atomic mass is 14.9.